The molecule has 0 spiro atoms. The van der Waals surface area contributed by atoms with Gasteiger partial charge in [-0.05, 0) is 61.6 Å². The van der Waals surface area contributed by atoms with Gasteiger partial charge in [-0.15, -0.1) is 11.3 Å². The van der Waals surface area contributed by atoms with Crippen LogP contribution in [-0.2, 0) is 0 Å². The van der Waals surface area contributed by atoms with Crippen LogP contribution in [0.15, 0.2) is 78.9 Å². The number of ether oxygens (including phenoxy) is 1. The Kier molecular flexibility index (Phi) is 7.95. The first kappa shape index (κ1) is 27.1. The van der Waals surface area contributed by atoms with Gasteiger partial charge in [0.25, 0.3) is 5.91 Å². The predicted molar refractivity (Wildman–Crippen MR) is 164 cm³/mol. The van der Waals surface area contributed by atoms with Gasteiger partial charge < -0.3 is 10.1 Å². The van der Waals surface area contributed by atoms with Gasteiger partial charge in [0.05, 0.1) is 28.9 Å². The summed E-state index contributed by atoms with van der Waals surface area (Å²) in [4.78, 5) is 19.6. The number of pyridine rings is 1. The number of fused-ring (bicyclic) bond motifs is 1. The first-order chi connectivity index (χ1) is 19.4. The summed E-state index contributed by atoms with van der Waals surface area (Å²) >= 11 is 1.43. The van der Waals surface area contributed by atoms with Gasteiger partial charge in [-0.1, -0.05) is 68.4 Å². The standard InChI is InChI=1S/C34H31N3O2S/c1-5-21(3)23-14-16-24(17-15-23)32-22(4)40-34(29(32)20-35)37-33(38)28-19-31(36-30-13-8-7-12-27(28)30)25-10-9-11-26(18-25)39-6-2/h7-19,21H,5-6H2,1-4H3,(H,37,38)/t21-/m1/s1. The van der Waals surface area contributed by atoms with Gasteiger partial charge in [0.15, 0.2) is 0 Å². The zero-order valence-corrected chi connectivity index (χ0v) is 23.9. The highest BCUT2D eigenvalue weighted by Crippen LogP contribution is 2.40. The summed E-state index contributed by atoms with van der Waals surface area (Å²) in [7, 11) is 0. The Balaban J connectivity index is 1.53. The number of aryl methyl sites for hydroxylation is 1. The molecule has 40 heavy (non-hydrogen) atoms. The van der Waals surface area contributed by atoms with Crippen molar-refractivity contribution in [2.45, 2.75) is 40.0 Å². The molecule has 0 saturated carbocycles. The number of aromatic nitrogens is 1. The third-order valence-electron chi connectivity index (χ3n) is 7.21. The van der Waals surface area contributed by atoms with Crippen molar-refractivity contribution < 1.29 is 9.53 Å². The second-order valence-electron chi connectivity index (χ2n) is 9.77. The first-order valence-corrected chi connectivity index (χ1v) is 14.3. The van der Waals surface area contributed by atoms with Crippen molar-refractivity contribution in [1.82, 2.24) is 4.98 Å². The summed E-state index contributed by atoms with van der Waals surface area (Å²) in [6, 6.07) is 27.9. The Morgan fingerprint density at radius 3 is 2.52 bits per heavy atom. The largest absolute Gasteiger partial charge is 0.494 e. The van der Waals surface area contributed by atoms with E-state index in [2.05, 4.69) is 49.5 Å². The maximum absolute atomic E-state index is 13.8. The molecule has 1 atom stereocenters. The highest BCUT2D eigenvalue weighted by molar-refractivity contribution is 7.17. The Morgan fingerprint density at radius 2 is 1.80 bits per heavy atom. The van der Waals surface area contributed by atoms with Crippen molar-refractivity contribution >= 4 is 33.1 Å². The third kappa shape index (κ3) is 5.34. The lowest BCUT2D eigenvalue weighted by Gasteiger charge is -2.11. The van der Waals surface area contributed by atoms with Crippen molar-refractivity contribution in [2.24, 2.45) is 0 Å². The van der Waals surface area contributed by atoms with Crippen LogP contribution in [0.25, 0.3) is 33.3 Å². The van der Waals surface area contributed by atoms with E-state index in [1.165, 1.54) is 16.9 Å². The number of nitrogens with one attached hydrogen (secondary N) is 1. The van der Waals surface area contributed by atoms with Crippen molar-refractivity contribution in [3.05, 3.63) is 100 Å². The van der Waals surface area contributed by atoms with E-state index >= 15 is 0 Å². The van der Waals surface area contributed by atoms with Gasteiger partial charge in [-0.3, -0.25) is 4.79 Å². The van der Waals surface area contributed by atoms with E-state index in [4.69, 9.17) is 9.72 Å². The second-order valence-corrected chi connectivity index (χ2v) is 11.0. The summed E-state index contributed by atoms with van der Waals surface area (Å²) in [5.41, 5.74) is 6.35. The van der Waals surface area contributed by atoms with Crippen LogP contribution in [0.2, 0.25) is 0 Å². The molecule has 3 aromatic carbocycles. The van der Waals surface area contributed by atoms with Gasteiger partial charge in [0.1, 0.15) is 16.8 Å². The van der Waals surface area contributed by atoms with Crippen LogP contribution < -0.4 is 10.1 Å². The lowest BCUT2D eigenvalue weighted by Crippen LogP contribution is -2.13. The minimum absolute atomic E-state index is 0.280. The van der Waals surface area contributed by atoms with Crippen LogP contribution >= 0.6 is 11.3 Å². The Morgan fingerprint density at radius 1 is 1.02 bits per heavy atom. The van der Waals surface area contributed by atoms with Crippen LogP contribution in [0, 0.1) is 18.3 Å². The number of nitriles is 1. The summed E-state index contributed by atoms with van der Waals surface area (Å²) in [6.07, 6.45) is 1.07. The third-order valence-corrected chi connectivity index (χ3v) is 8.23. The molecule has 0 aliphatic rings. The summed E-state index contributed by atoms with van der Waals surface area (Å²) in [6.45, 7) is 8.89. The van der Waals surface area contributed by atoms with Crippen molar-refractivity contribution in [2.75, 3.05) is 11.9 Å². The molecule has 200 valence electrons. The van der Waals surface area contributed by atoms with Gasteiger partial charge in [0, 0.05) is 21.4 Å². The van der Waals surface area contributed by atoms with E-state index < -0.39 is 0 Å². The molecule has 0 radical (unpaired) electrons. The van der Waals surface area contributed by atoms with E-state index in [1.54, 1.807) is 0 Å². The van der Waals surface area contributed by atoms with E-state index in [0.29, 0.717) is 34.3 Å². The Hall–Kier alpha value is -4.47. The summed E-state index contributed by atoms with van der Waals surface area (Å²) < 4.78 is 5.68. The average molecular weight is 546 g/mol. The van der Waals surface area contributed by atoms with Crippen molar-refractivity contribution in [3.63, 3.8) is 0 Å². The zero-order chi connectivity index (χ0) is 28.2. The smallest absolute Gasteiger partial charge is 0.257 e. The lowest BCUT2D eigenvalue weighted by molar-refractivity contribution is 0.102. The molecule has 1 N–H and O–H groups in total. The molecule has 0 bridgehead atoms. The fourth-order valence-electron chi connectivity index (χ4n) is 4.89. The number of amides is 1. The molecule has 0 saturated heterocycles. The second kappa shape index (κ2) is 11.7. The highest BCUT2D eigenvalue weighted by atomic mass is 32.1. The van der Waals surface area contributed by atoms with Crippen molar-refractivity contribution in [1.29, 1.82) is 5.26 Å². The van der Waals surface area contributed by atoms with Crippen LogP contribution in [0.1, 0.15) is 59.5 Å². The summed E-state index contributed by atoms with van der Waals surface area (Å²) in [5.74, 6) is 0.945. The molecule has 5 aromatic rings. The number of nitrogens with zero attached hydrogens (tertiary/aromatic N) is 2. The fraction of sp³-hybridized carbons (Fsp3) is 0.206. The molecule has 0 aliphatic carbocycles. The monoisotopic (exact) mass is 545 g/mol. The van der Waals surface area contributed by atoms with E-state index in [0.717, 1.165) is 44.6 Å². The van der Waals surface area contributed by atoms with Crippen LogP contribution in [0.3, 0.4) is 0 Å². The quantitative estimate of drug-likeness (QED) is 0.211. The molecular weight excluding hydrogens is 514 g/mol. The average Bonchev–Trinajstić information content (AvgIpc) is 3.30. The number of carbonyl (C=O) groups is 1. The van der Waals surface area contributed by atoms with Gasteiger partial charge >= 0.3 is 0 Å². The predicted octanol–water partition coefficient (Wildman–Crippen LogP) is 8.97. The van der Waals surface area contributed by atoms with Gasteiger partial charge in [-0.25, -0.2) is 4.98 Å². The molecule has 6 heteroatoms. The summed E-state index contributed by atoms with van der Waals surface area (Å²) in [5, 5.41) is 14.5. The highest BCUT2D eigenvalue weighted by Gasteiger charge is 2.21. The van der Waals surface area contributed by atoms with Crippen LogP contribution in [0.5, 0.6) is 5.75 Å². The van der Waals surface area contributed by atoms with E-state index in [1.807, 2.05) is 68.4 Å². The number of hydrogen-bond acceptors (Lipinski definition) is 5. The van der Waals surface area contributed by atoms with Gasteiger partial charge in [-0.2, -0.15) is 5.26 Å². The number of para-hydroxylation sites is 1. The molecule has 1 amide bonds. The zero-order valence-electron chi connectivity index (χ0n) is 23.1. The van der Waals surface area contributed by atoms with E-state index in [9.17, 15) is 10.1 Å². The number of thiophene rings is 1. The van der Waals surface area contributed by atoms with Gasteiger partial charge in [0.2, 0.25) is 0 Å². The minimum Gasteiger partial charge on any atom is -0.494 e. The molecule has 5 rings (SSSR count). The molecule has 0 aliphatic heterocycles. The Labute approximate surface area is 239 Å². The maximum atomic E-state index is 13.8. The topological polar surface area (TPSA) is 75.0 Å². The molecule has 2 aromatic heterocycles. The molecular formula is C34H31N3O2S. The molecule has 0 fully saturated rings. The molecule has 0 unspecified atom stereocenters. The van der Waals surface area contributed by atoms with Crippen molar-refractivity contribution in [3.8, 4) is 34.2 Å². The number of benzene rings is 3. The maximum Gasteiger partial charge on any atom is 0.257 e. The number of rotatable bonds is 8. The fourth-order valence-corrected chi connectivity index (χ4v) is 5.92. The minimum atomic E-state index is -0.280. The number of carbonyl (C=O) groups excluding carboxylic acids is 1. The Bertz CT molecular complexity index is 1730. The van der Waals surface area contributed by atoms with Crippen LogP contribution in [0.4, 0.5) is 5.00 Å². The normalized spacial score (nSPS) is 11.7. The first-order valence-electron chi connectivity index (χ1n) is 13.5. The molecule has 2 heterocycles. The SMILES string of the molecule is CCOc1cccc(-c2cc(C(=O)Nc3sc(C)c(-c4ccc([C@H](C)CC)cc4)c3C#N)c3ccccc3n2)c1. The molecule has 5 nitrogen and oxygen atoms in total. The van der Waals surface area contributed by atoms with E-state index in [-0.39, 0.29) is 5.91 Å². The number of hydrogen-bond donors (Lipinski definition) is 1. The number of anilines is 1. The van der Waals surface area contributed by atoms with Crippen LogP contribution in [-0.4, -0.2) is 17.5 Å². The lowest BCUT2D eigenvalue weighted by atomic mass is 9.95.